The molecule has 0 bridgehead atoms. The van der Waals surface area contributed by atoms with Gasteiger partial charge in [-0.05, 0) is 36.6 Å². The first-order valence-electron chi connectivity index (χ1n) is 7.61. The number of hydrogen-bond donors (Lipinski definition) is 2. The Hall–Kier alpha value is -2.78. The lowest BCUT2D eigenvalue weighted by molar-refractivity contribution is -0.159. The number of carbonyl (C=O) groups excluding carboxylic acids is 3. The second-order valence-corrected chi connectivity index (χ2v) is 5.78. The van der Waals surface area contributed by atoms with Crippen LogP contribution in [0, 0.1) is 5.92 Å². The first kappa shape index (κ1) is 21.3. The first-order chi connectivity index (χ1) is 12.0. The molecule has 1 aromatic carbocycles. The zero-order chi connectivity index (χ0) is 19.9. The summed E-state index contributed by atoms with van der Waals surface area (Å²) in [5, 5.41) is 2.23. The van der Waals surface area contributed by atoms with Crippen molar-refractivity contribution in [2.45, 2.75) is 39.5 Å². The maximum absolute atomic E-state index is 12.5. The van der Waals surface area contributed by atoms with Crippen molar-refractivity contribution in [2.24, 2.45) is 5.92 Å². The molecule has 7 nitrogen and oxygen atoms in total. The number of carbonyl (C=O) groups is 3. The van der Waals surface area contributed by atoms with Crippen LogP contribution in [0.15, 0.2) is 24.3 Å². The summed E-state index contributed by atoms with van der Waals surface area (Å²) in [5.74, 6) is -1.62. The van der Waals surface area contributed by atoms with Crippen LogP contribution < -0.4 is 10.8 Å². The molecule has 0 aliphatic heterocycles. The maximum Gasteiger partial charge on any atom is 0.416 e. The minimum absolute atomic E-state index is 0.0260. The Morgan fingerprint density at radius 3 is 2.15 bits per heavy atom. The Kier molecular flexibility index (Phi) is 7.41. The summed E-state index contributed by atoms with van der Waals surface area (Å²) in [6, 6.07) is 3.71. The van der Waals surface area contributed by atoms with E-state index in [1.54, 1.807) is 13.8 Å². The molecule has 0 fully saturated rings. The number of hydroxylamine groups is 1. The van der Waals surface area contributed by atoms with Gasteiger partial charge in [0.05, 0.1) is 5.56 Å². The van der Waals surface area contributed by atoms with E-state index in [0.717, 1.165) is 31.2 Å². The van der Waals surface area contributed by atoms with Crippen molar-refractivity contribution in [3.8, 4) is 0 Å². The summed E-state index contributed by atoms with van der Waals surface area (Å²) in [4.78, 5) is 38.9. The van der Waals surface area contributed by atoms with Gasteiger partial charge in [-0.1, -0.05) is 13.8 Å². The molecule has 1 rings (SSSR count). The second-order valence-electron chi connectivity index (χ2n) is 5.78. The summed E-state index contributed by atoms with van der Waals surface area (Å²) >= 11 is 0. The van der Waals surface area contributed by atoms with Crippen LogP contribution in [0.4, 0.5) is 23.7 Å². The van der Waals surface area contributed by atoms with Crippen molar-refractivity contribution < 1.29 is 37.1 Å². The van der Waals surface area contributed by atoms with Gasteiger partial charge in [0.2, 0.25) is 0 Å². The molecule has 0 saturated carbocycles. The predicted molar refractivity (Wildman–Crippen MR) is 84.7 cm³/mol. The maximum atomic E-state index is 12.5. The van der Waals surface area contributed by atoms with Crippen LogP contribution in [0.1, 0.15) is 32.8 Å². The van der Waals surface area contributed by atoms with Crippen molar-refractivity contribution in [2.75, 3.05) is 5.32 Å². The van der Waals surface area contributed by atoms with Crippen LogP contribution >= 0.6 is 0 Å². The van der Waals surface area contributed by atoms with Crippen LogP contribution in [0.2, 0.25) is 0 Å². The van der Waals surface area contributed by atoms with Gasteiger partial charge in [0.25, 0.3) is 5.91 Å². The van der Waals surface area contributed by atoms with Gasteiger partial charge in [-0.25, -0.2) is 4.79 Å². The average molecular weight is 376 g/mol. The SMILES string of the molecule is CC(=O)ONC(=O)[C@H](CC(C)C)OC(=O)Nc1ccc(C(F)(F)F)cc1. The summed E-state index contributed by atoms with van der Waals surface area (Å²) in [5.41, 5.74) is 1.06. The van der Waals surface area contributed by atoms with Crippen molar-refractivity contribution in [1.29, 1.82) is 0 Å². The Labute approximate surface area is 147 Å². The third-order valence-corrected chi connectivity index (χ3v) is 2.98. The topological polar surface area (TPSA) is 93.7 Å². The van der Waals surface area contributed by atoms with Crippen LogP contribution in [-0.2, 0) is 25.3 Å². The van der Waals surface area contributed by atoms with Gasteiger partial charge in [-0.3, -0.25) is 14.9 Å². The van der Waals surface area contributed by atoms with Gasteiger partial charge in [-0.15, -0.1) is 0 Å². The van der Waals surface area contributed by atoms with E-state index in [4.69, 9.17) is 4.74 Å². The van der Waals surface area contributed by atoms with Crippen molar-refractivity contribution >= 4 is 23.7 Å². The number of benzene rings is 1. The number of ether oxygens (including phenoxy) is 1. The van der Waals surface area contributed by atoms with Gasteiger partial charge in [0, 0.05) is 12.6 Å². The molecule has 0 unspecified atom stereocenters. The van der Waals surface area contributed by atoms with E-state index in [0.29, 0.717) is 0 Å². The molecule has 1 aromatic rings. The molecule has 2 amide bonds. The third-order valence-electron chi connectivity index (χ3n) is 2.98. The van der Waals surface area contributed by atoms with Crippen LogP contribution in [0.25, 0.3) is 0 Å². The van der Waals surface area contributed by atoms with E-state index in [1.165, 1.54) is 0 Å². The first-order valence-corrected chi connectivity index (χ1v) is 7.61. The van der Waals surface area contributed by atoms with Gasteiger partial charge >= 0.3 is 18.2 Å². The largest absolute Gasteiger partial charge is 0.436 e. The van der Waals surface area contributed by atoms with Crippen molar-refractivity contribution in [3.05, 3.63) is 29.8 Å². The number of hydrogen-bond acceptors (Lipinski definition) is 5. The minimum Gasteiger partial charge on any atom is -0.436 e. The molecule has 0 spiro atoms. The molecular weight excluding hydrogens is 357 g/mol. The van der Waals surface area contributed by atoms with Gasteiger partial charge < -0.3 is 9.57 Å². The molecule has 26 heavy (non-hydrogen) atoms. The van der Waals surface area contributed by atoms with Gasteiger partial charge in [0.15, 0.2) is 6.10 Å². The molecule has 144 valence electrons. The quantitative estimate of drug-likeness (QED) is 0.770. The highest BCUT2D eigenvalue weighted by atomic mass is 19.4. The molecular formula is C16H19F3N2O5. The zero-order valence-electron chi connectivity index (χ0n) is 14.3. The number of alkyl halides is 3. The molecule has 0 radical (unpaired) electrons. The van der Waals surface area contributed by atoms with E-state index in [9.17, 15) is 27.6 Å². The van der Waals surface area contributed by atoms with E-state index < -0.39 is 35.8 Å². The predicted octanol–water partition coefficient (Wildman–Crippen LogP) is 3.26. The van der Waals surface area contributed by atoms with Crippen LogP contribution in [-0.4, -0.2) is 24.1 Å². The van der Waals surface area contributed by atoms with Gasteiger partial charge in [0.1, 0.15) is 0 Å². The van der Waals surface area contributed by atoms with E-state index in [2.05, 4.69) is 10.2 Å². The Morgan fingerprint density at radius 2 is 1.69 bits per heavy atom. The molecule has 2 N–H and O–H groups in total. The Balaban J connectivity index is 2.70. The van der Waals surface area contributed by atoms with Crippen LogP contribution in [0.5, 0.6) is 0 Å². The molecule has 0 heterocycles. The number of halogens is 3. The fourth-order valence-electron chi connectivity index (χ4n) is 1.84. The molecule has 1 atom stereocenters. The fourth-order valence-corrected chi connectivity index (χ4v) is 1.84. The molecule has 0 saturated heterocycles. The third kappa shape index (κ3) is 7.41. The number of rotatable bonds is 5. The summed E-state index contributed by atoms with van der Waals surface area (Å²) in [6.07, 6.45) is -6.62. The highest BCUT2D eigenvalue weighted by molar-refractivity contribution is 5.88. The molecule has 0 aromatic heterocycles. The highest BCUT2D eigenvalue weighted by Gasteiger charge is 2.30. The Bertz CT molecular complexity index is 644. The summed E-state index contributed by atoms with van der Waals surface area (Å²) in [7, 11) is 0. The van der Waals surface area contributed by atoms with Gasteiger partial charge in [-0.2, -0.15) is 18.7 Å². The minimum atomic E-state index is -4.49. The second kappa shape index (κ2) is 9.07. The number of amides is 2. The van der Waals surface area contributed by atoms with E-state index in [-0.39, 0.29) is 18.0 Å². The van der Waals surface area contributed by atoms with E-state index in [1.807, 2.05) is 5.48 Å². The zero-order valence-corrected chi connectivity index (χ0v) is 14.3. The average Bonchev–Trinajstić information content (AvgIpc) is 2.51. The summed E-state index contributed by atoms with van der Waals surface area (Å²) < 4.78 is 42.5. The summed E-state index contributed by atoms with van der Waals surface area (Å²) in [6.45, 7) is 4.64. The molecule has 0 aliphatic rings. The lowest BCUT2D eigenvalue weighted by Crippen LogP contribution is -2.40. The lowest BCUT2D eigenvalue weighted by atomic mass is 10.1. The monoisotopic (exact) mass is 376 g/mol. The molecule has 0 aliphatic carbocycles. The lowest BCUT2D eigenvalue weighted by Gasteiger charge is -2.19. The standard InChI is InChI=1S/C16H19F3N2O5/c1-9(2)8-13(14(23)21-26-10(3)22)25-15(24)20-12-6-4-11(5-7-12)16(17,18)19/h4-7,9,13H,8H2,1-3H3,(H,20,24)(H,21,23)/t13-/m0/s1. The van der Waals surface area contributed by atoms with E-state index >= 15 is 0 Å². The van der Waals surface area contributed by atoms with Crippen molar-refractivity contribution in [1.82, 2.24) is 5.48 Å². The van der Waals surface area contributed by atoms with Crippen molar-refractivity contribution in [3.63, 3.8) is 0 Å². The molecule has 10 heteroatoms. The highest BCUT2D eigenvalue weighted by Crippen LogP contribution is 2.29. The van der Waals surface area contributed by atoms with Crippen LogP contribution in [0.3, 0.4) is 0 Å². The smallest absolute Gasteiger partial charge is 0.416 e. The number of anilines is 1. The Morgan fingerprint density at radius 1 is 1.12 bits per heavy atom. The fraction of sp³-hybridized carbons (Fsp3) is 0.438. The number of nitrogens with one attached hydrogen (secondary N) is 2. The normalized spacial score (nSPS) is 12.3.